The summed E-state index contributed by atoms with van der Waals surface area (Å²) < 4.78 is 19.5. The van der Waals surface area contributed by atoms with Crippen LogP contribution in [0.5, 0.6) is 11.5 Å². The molecule has 1 aliphatic rings. The number of amides is 1. The highest BCUT2D eigenvalue weighted by atomic mass is 19.1. The van der Waals surface area contributed by atoms with Gasteiger partial charge in [0.15, 0.2) is 0 Å². The quantitative estimate of drug-likeness (QED) is 0.643. The minimum atomic E-state index is -0.672. The number of halogens is 1. The van der Waals surface area contributed by atoms with E-state index in [2.05, 4.69) is 10.3 Å². The molecule has 1 fully saturated rings. The Morgan fingerprint density at radius 3 is 2.32 bits per heavy atom. The number of nitrogens with one attached hydrogen (secondary N) is 1. The molecule has 0 aliphatic heterocycles. The number of pyridine rings is 1. The number of carbonyl (C=O) groups excluding carboxylic acids is 1. The largest absolute Gasteiger partial charge is 0.457 e. The van der Waals surface area contributed by atoms with Crippen LogP contribution in [0.1, 0.15) is 31.2 Å². The summed E-state index contributed by atoms with van der Waals surface area (Å²) in [4.78, 5) is 17.1. The Balaban J connectivity index is 1.50. The number of hydrogen-bond acceptors (Lipinski definition) is 3. The first-order valence-electron chi connectivity index (χ1n) is 9.41. The second-order valence-electron chi connectivity index (χ2n) is 7.06. The van der Waals surface area contributed by atoms with E-state index in [0.717, 1.165) is 31.2 Å². The lowest BCUT2D eigenvalue weighted by atomic mass is 9.78. The summed E-state index contributed by atoms with van der Waals surface area (Å²) in [6.07, 6.45) is 6.71. The summed E-state index contributed by atoms with van der Waals surface area (Å²) in [6.45, 7) is 0. The SMILES string of the molecule is O=C(Nc1ccc(Oc2ccncc2)cc1)C1(c2cccc(F)c2)CCCC1. The molecule has 4 rings (SSSR count). The minimum absolute atomic E-state index is 0.0848. The van der Waals surface area contributed by atoms with Crippen LogP contribution < -0.4 is 10.1 Å². The van der Waals surface area contributed by atoms with Crippen molar-refractivity contribution in [2.75, 3.05) is 5.32 Å². The van der Waals surface area contributed by atoms with E-state index in [-0.39, 0.29) is 11.7 Å². The van der Waals surface area contributed by atoms with Gasteiger partial charge in [0.1, 0.15) is 17.3 Å². The molecule has 1 N–H and O–H groups in total. The van der Waals surface area contributed by atoms with Gasteiger partial charge in [-0.2, -0.15) is 0 Å². The smallest absolute Gasteiger partial charge is 0.235 e. The molecule has 0 saturated heterocycles. The van der Waals surface area contributed by atoms with Crippen molar-refractivity contribution in [1.29, 1.82) is 0 Å². The number of carbonyl (C=O) groups is 1. The molecular weight excluding hydrogens is 355 g/mol. The van der Waals surface area contributed by atoms with Gasteiger partial charge in [-0.15, -0.1) is 0 Å². The van der Waals surface area contributed by atoms with Gasteiger partial charge in [-0.05, 0) is 66.9 Å². The summed E-state index contributed by atoms with van der Waals surface area (Å²) in [5.74, 6) is 0.972. The van der Waals surface area contributed by atoms with Crippen LogP contribution in [0.3, 0.4) is 0 Å². The van der Waals surface area contributed by atoms with Crippen molar-refractivity contribution in [2.45, 2.75) is 31.1 Å². The van der Waals surface area contributed by atoms with Crippen LogP contribution in [0.15, 0.2) is 73.1 Å². The second kappa shape index (κ2) is 7.80. The third-order valence-electron chi connectivity index (χ3n) is 5.27. The molecule has 0 unspecified atom stereocenters. The maximum atomic E-state index is 13.8. The Morgan fingerprint density at radius 2 is 1.64 bits per heavy atom. The normalized spacial score (nSPS) is 15.2. The average molecular weight is 376 g/mol. The Morgan fingerprint density at radius 1 is 0.964 bits per heavy atom. The van der Waals surface area contributed by atoms with Gasteiger partial charge in [-0.3, -0.25) is 9.78 Å². The number of rotatable bonds is 5. The van der Waals surface area contributed by atoms with E-state index >= 15 is 0 Å². The zero-order chi connectivity index (χ0) is 19.4. The summed E-state index contributed by atoms with van der Waals surface area (Å²) in [6, 6.07) is 17.2. The van der Waals surface area contributed by atoms with Crippen molar-refractivity contribution >= 4 is 11.6 Å². The Bertz CT molecular complexity index is 952. The van der Waals surface area contributed by atoms with E-state index < -0.39 is 5.41 Å². The lowest BCUT2D eigenvalue weighted by Crippen LogP contribution is -2.38. The highest BCUT2D eigenvalue weighted by Crippen LogP contribution is 2.42. The number of anilines is 1. The lowest BCUT2D eigenvalue weighted by molar-refractivity contribution is -0.121. The van der Waals surface area contributed by atoms with Crippen molar-refractivity contribution in [3.05, 3.63) is 84.4 Å². The monoisotopic (exact) mass is 376 g/mol. The summed E-state index contributed by atoms with van der Waals surface area (Å²) in [5, 5.41) is 3.01. The van der Waals surface area contributed by atoms with E-state index in [1.807, 2.05) is 18.2 Å². The number of benzene rings is 2. The van der Waals surface area contributed by atoms with Gasteiger partial charge in [0, 0.05) is 18.1 Å². The summed E-state index contributed by atoms with van der Waals surface area (Å²) in [5.41, 5.74) is 0.767. The molecule has 2 aromatic carbocycles. The zero-order valence-electron chi connectivity index (χ0n) is 15.4. The molecule has 0 bridgehead atoms. The molecule has 1 aliphatic carbocycles. The highest BCUT2D eigenvalue weighted by molar-refractivity contribution is 5.99. The molecule has 1 amide bonds. The number of aromatic nitrogens is 1. The van der Waals surface area contributed by atoms with Crippen LogP contribution in [0.4, 0.5) is 10.1 Å². The Hall–Kier alpha value is -3.21. The fraction of sp³-hybridized carbons (Fsp3) is 0.217. The molecule has 1 heterocycles. The Labute approximate surface area is 163 Å². The van der Waals surface area contributed by atoms with Gasteiger partial charge in [-0.1, -0.05) is 25.0 Å². The van der Waals surface area contributed by atoms with E-state index in [1.165, 1.54) is 12.1 Å². The van der Waals surface area contributed by atoms with Crippen LogP contribution in [0.2, 0.25) is 0 Å². The van der Waals surface area contributed by atoms with Gasteiger partial charge < -0.3 is 10.1 Å². The first-order chi connectivity index (χ1) is 13.7. The molecule has 0 atom stereocenters. The van der Waals surface area contributed by atoms with Crippen molar-refractivity contribution in [1.82, 2.24) is 4.98 Å². The van der Waals surface area contributed by atoms with Crippen LogP contribution in [-0.4, -0.2) is 10.9 Å². The summed E-state index contributed by atoms with van der Waals surface area (Å²) in [7, 11) is 0. The first-order valence-corrected chi connectivity index (χ1v) is 9.41. The van der Waals surface area contributed by atoms with Gasteiger partial charge >= 0.3 is 0 Å². The molecule has 1 aromatic heterocycles. The lowest BCUT2D eigenvalue weighted by Gasteiger charge is -2.28. The van der Waals surface area contributed by atoms with Crippen molar-refractivity contribution < 1.29 is 13.9 Å². The molecule has 28 heavy (non-hydrogen) atoms. The van der Waals surface area contributed by atoms with E-state index in [1.54, 1.807) is 42.7 Å². The standard InChI is InChI=1S/C23H21FN2O2/c24-18-5-3-4-17(16-18)23(12-1-2-13-23)22(27)26-19-6-8-20(9-7-19)28-21-10-14-25-15-11-21/h3-11,14-16H,1-2,12-13H2,(H,26,27). The van der Waals surface area contributed by atoms with E-state index in [0.29, 0.717) is 17.2 Å². The third-order valence-corrected chi connectivity index (χ3v) is 5.27. The van der Waals surface area contributed by atoms with Crippen molar-refractivity contribution in [3.8, 4) is 11.5 Å². The molecule has 3 aromatic rings. The zero-order valence-corrected chi connectivity index (χ0v) is 15.4. The molecule has 1 saturated carbocycles. The number of nitrogens with zero attached hydrogens (tertiary/aromatic N) is 1. The van der Waals surface area contributed by atoms with Crippen LogP contribution in [0.25, 0.3) is 0 Å². The molecule has 5 heteroatoms. The van der Waals surface area contributed by atoms with E-state index in [4.69, 9.17) is 4.74 Å². The molecular formula is C23H21FN2O2. The number of ether oxygens (including phenoxy) is 1. The van der Waals surface area contributed by atoms with Crippen molar-refractivity contribution in [2.24, 2.45) is 0 Å². The maximum Gasteiger partial charge on any atom is 0.235 e. The van der Waals surface area contributed by atoms with Crippen LogP contribution >= 0.6 is 0 Å². The topological polar surface area (TPSA) is 51.2 Å². The molecule has 0 radical (unpaired) electrons. The van der Waals surface area contributed by atoms with Crippen LogP contribution in [-0.2, 0) is 10.2 Å². The maximum absolute atomic E-state index is 13.8. The number of hydrogen-bond donors (Lipinski definition) is 1. The minimum Gasteiger partial charge on any atom is -0.457 e. The first kappa shape index (κ1) is 18.2. The fourth-order valence-electron chi connectivity index (χ4n) is 3.81. The van der Waals surface area contributed by atoms with Gasteiger partial charge in [0.2, 0.25) is 5.91 Å². The second-order valence-corrected chi connectivity index (χ2v) is 7.06. The van der Waals surface area contributed by atoms with Crippen LogP contribution in [0, 0.1) is 5.82 Å². The summed E-state index contributed by atoms with van der Waals surface area (Å²) >= 11 is 0. The Kier molecular flexibility index (Phi) is 5.06. The fourth-order valence-corrected chi connectivity index (χ4v) is 3.81. The molecule has 142 valence electrons. The average Bonchev–Trinajstić information content (AvgIpc) is 3.22. The van der Waals surface area contributed by atoms with Gasteiger partial charge in [0.25, 0.3) is 0 Å². The third kappa shape index (κ3) is 3.74. The molecule has 4 nitrogen and oxygen atoms in total. The van der Waals surface area contributed by atoms with E-state index in [9.17, 15) is 9.18 Å². The van der Waals surface area contributed by atoms with Gasteiger partial charge in [0.05, 0.1) is 5.41 Å². The van der Waals surface area contributed by atoms with Crippen molar-refractivity contribution in [3.63, 3.8) is 0 Å². The highest BCUT2D eigenvalue weighted by Gasteiger charge is 2.42. The predicted octanol–water partition coefficient (Wildman–Crippen LogP) is 5.46. The predicted molar refractivity (Wildman–Crippen MR) is 106 cm³/mol. The molecule has 0 spiro atoms. The van der Waals surface area contributed by atoms with Gasteiger partial charge in [-0.25, -0.2) is 4.39 Å².